The van der Waals surface area contributed by atoms with Gasteiger partial charge in [-0.15, -0.1) is 0 Å². The van der Waals surface area contributed by atoms with Crippen molar-refractivity contribution >= 4 is 27.4 Å². The highest BCUT2D eigenvalue weighted by atomic mass is 79.9. The van der Waals surface area contributed by atoms with E-state index in [2.05, 4.69) is 26.6 Å². The molecule has 0 unspecified atom stereocenters. The molecule has 2 rings (SSSR count). The minimum absolute atomic E-state index is 0.350. The van der Waals surface area contributed by atoms with Gasteiger partial charge in [0.1, 0.15) is 11.5 Å². The fourth-order valence-corrected chi connectivity index (χ4v) is 2.58. The van der Waals surface area contributed by atoms with E-state index in [4.69, 9.17) is 0 Å². The van der Waals surface area contributed by atoms with Crippen LogP contribution >= 0.6 is 15.9 Å². The van der Waals surface area contributed by atoms with E-state index >= 15 is 0 Å². The number of hydrogen-bond acceptors (Lipinski definition) is 4. The number of benzene rings is 1. The molecule has 1 aromatic heterocycles. The summed E-state index contributed by atoms with van der Waals surface area (Å²) in [6, 6.07) is 7.80. The zero-order valence-corrected chi connectivity index (χ0v) is 13.7. The van der Waals surface area contributed by atoms with Crippen LogP contribution in [0.15, 0.2) is 38.3 Å². The molecule has 0 aliphatic heterocycles. The molecule has 112 valence electrons. The van der Waals surface area contributed by atoms with Crippen molar-refractivity contribution in [1.82, 2.24) is 9.13 Å². The Hall–Kier alpha value is -2.02. The fourth-order valence-electron chi connectivity index (χ4n) is 2.13. The lowest BCUT2D eigenvalue weighted by Crippen LogP contribution is -2.39. The first-order valence-corrected chi connectivity index (χ1v) is 7.21. The van der Waals surface area contributed by atoms with Gasteiger partial charge in [0, 0.05) is 32.2 Å². The van der Waals surface area contributed by atoms with E-state index in [9.17, 15) is 9.59 Å². The summed E-state index contributed by atoms with van der Waals surface area (Å²) < 4.78 is 3.47. The molecule has 2 N–H and O–H groups in total. The molecule has 0 aliphatic rings. The second kappa shape index (κ2) is 6.17. The van der Waals surface area contributed by atoms with E-state index in [0.717, 1.165) is 14.6 Å². The van der Waals surface area contributed by atoms with Gasteiger partial charge in [-0.2, -0.15) is 0 Å². The van der Waals surface area contributed by atoms with Gasteiger partial charge in [0.15, 0.2) is 0 Å². The van der Waals surface area contributed by atoms with Gasteiger partial charge in [-0.1, -0.05) is 28.1 Å². The molecular formula is C14H17BrN4O2. The van der Waals surface area contributed by atoms with Crippen LogP contribution in [0.4, 0.5) is 11.5 Å². The minimum atomic E-state index is -0.364. The summed E-state index contributed by atoms with van der Waals surface area (Å²) >= 11 is 3.41. The highest BCUT2D eigenvalue weighted by Gasteiger charge is 2.14. The molecule has 6 nitrogen and oxygen atoms in total. The Labute approximate surface area is 130 Å². The average molecular weight is 353 g/mol. The van der Waals surface area contributed by atoms with Gasteiger partial charge in [-0.05, 0) is 17.7 Å². The van der Waals surface area contributed by atoms with Crippen LogP contribution < -0.4 is 21.9 Å². The first-order valence-electron chi connectivity index (χ1n) is 6.41. The smallest absolute Gasteiger partial charge is 0.332 e. The first kappa shape index (κ1) is 15.4. The molecule has 0 saturated heterocycles. The first-order chi connectivity index (χ1) is 9.95. The Morgan fingerprint density at radius 3 is 2.52 bits per heavy atom. The van der Waals surface area contributed by atoms with Crippen molar-refractivity contribution < 1.29 is 0 Å². The van der Waals surface area contributed by atoms with E-state index < -0.39 is 0 Å². The maximum Gasteiger partial charge on any atom is 0.332 e. The van der Waals surface area contributed by atoms with Crippen LogP contribution in [0, 0.1) is 0 Å². The lowest BCUT2D eigenvalue weighted by molar-refractivity contribution is 0.693. The molecular weight excluding hydrogens is 336 g/mol. The van der Waals surface area contributed by atoms with Crippen LogP contribution in [0.3, 0.4) is 0 Å². The largest absolute Gasteiger partial charge is 0.374 e. The number of anilines is 2. The number of halogens is 1. The zero-order valence-electron chi connectivity index (χ0n) is 12.1. The van der Waals surface area contributed by atoms with Crippen molar-refractivity contribution in [3.8, 4) is 0 Å². The van der Waals surface area contributed by atoms with Gasteiger partial charge in [0.25, 0.3) is 5.56 Å². The van der Waals surface area contributed by atoms with Gasteiger partial charge in [0.2, 0.25) is 0 Å². The van der Waals surface area contributed by atoms with Gasteiger partial charge >= 0.3 is 5.69 Å². The Bertz CT molecular complexity index is 780. The molecule has 0 spiro atoms. The summed E-state index contributed by atoms with van der Waals surface area (Å²) in [7, 11) is 4.77. The van der Waals surface area contributed by atoms with Crippen LogP contribution in [0.5, 0.6) is 0 Å². The summed E-state index contributed by atoms with van der Waals surface area (Å²) in [5, 5.41) is 6.01. The molecule has 0 aliphatic carbocycles. The van der Waals surface area contributed by atoms with Gasteiger partial charge in [-0.3, -0.25) is 13.9 Å². The molecule has 0 bridgehead atoms. The van der Waals surface area contributed by atoms with Gasteiger partial charge in [0.05, 0.1) is 0 Å². The van der Waals surface area contributed by atoms with E-state index in [1.54, 1.807) is 14.1 Å². The molecule has 7 heteroatoms. The number of rotatable bonds is 4. The van der Waals surface area contributed by atoms with Crippen molar-refractivity contribution in [3.05, 3.63) is 55.1 Å². The molecule has 0 radical (unpaired) electrons. The van der Waals surface area contributed by atoms with Crippen molar-refractivity contribution in [2.45, 2.75) is 6.54 Å². The van der Waals surface area contributed by atoms with Crippen LogP contribution in [0.25, 0.3) is 0 Å². The normalized spacial score (nSPS) is 10.5. The predicted molar refractivity (Wildman–Crippen MR) is 87.9 cm³/mol. The lowest BCUT2D eigenvalue weighted by atomic mass is 10.2. The zero-order chi connectivity index (χ0) is 15.6. The van der Waals surface area contributed by atoms with E-state index in [0.29, 0.717) is 18.1 Å². The maximum atomic E-state index is 12.2. The van der Waals surface area contributed by atoms with Crippen molar-refractivity contribution in [1.29, 1.82) is 0 Å². The van der Waals surface area contributed by atoms with E-state index in [-0.39, 0.29) is 11.2 Å². The average Bonchev–Trinajstić information content (AvgIpc) is 2.47. The third-order valence-electron chi connectivity index (χ3n) is 3.26. The number of nitrogens with zero attached hydrogens (tertiary/aromatic N) is 2. The SMILES string of the molecule is CNc1c(NCc2cccc(Br)c2)c(=O)n(C)c(=O)n1C. The summed E-state index contributed by atoms with van der Waals surface area (Å²) in [5.41, 5.74) is 0.694. The standard InChI is InChI=1S/C14H17BrN4O2/c1-16-12-11(13(20)19(3)14(21)18(12)2)17-8-9-5-4-6-10(15)7-9/h4-7,16-17H,8H2,1-3H3. The Balaban J connectivity index is 2.40. The lowest BCUT2D eigenvalue weighted by Gasteiger charge is -2.16. The number of aromatic nitrogens is 2. The summed E-state index contributed by atoms with van der Waals surface area (Å²) in [6.07, 6.45) is 0. The monoisotopic (exact) mass is 352 g/mol. The second-order valence-electron chi connectivity index (χ2n) is 4.66. The molecule has 21 heavy (non-hydrogen) atoms. The predicted octanol–water partition coefficient (Wildman–Crippen LogP) is 1.50. The summed E-state index contributed by atoms with van der Waals surface area (Å²) in [4.78, 5) is 24.1. The fraction of sp³-hybridized carbons (Fsp3) is 0.286. The van der Waals surface area contributed by atoms with Crippen LogP contribution in [0.1, 0.15) is 5.56 Å². The third kappa shape index (κ3) is 3.02. The molecule has 1 heterocycles. The van der Waals surface area contributed by atoms with Gasteiger partial charge < -0.3 is 10.6 Å². The summed E-state index contributed by atoms with van der Waals surface area (Å²) in [5.74, 6) is 0.470. The highest BCUT2D eigenvalue weighted by Crippen LogP contribution is 2.16. The number of hydrogen-bond donors (Lipinski definition) is 2. The van der Waals surface area contributed by atoms with Gasteiger partial charge in [-0.25, -0.2) is 4.79 Å². The topological polar surface area (TPSA) is 68.1 Å². The van der Waals surface area contributed by atoms with Crippen molar-refractivity contribution in [2.75, 3.05) is 17.7 Å². The molecule has 0 fully saturated rings. The minimum Gasteiger partial charge on any atom is -0.374 e. The quantitative estimate of drug-likeness (QED) is 0.874. The molecule has 0 atom stereocenters. The molecule has 0 saturated carbocycles. The Kier molecular flexibility index (Phi) is 4.52. The van der Waals surface area contributed by atoms with Crippen LogP contribution in [0.2, 0.25) is 0 Å². The van der Waals surface area contributed by atoms with E-state index in [1.165, 1.54) is 11.6 Å². The molecule has 0 amide bonds. The highest BCUT2D eigenvalue weighted by molar-refractivity contribution is 9.10. The Morgan fingerprint density at radius 1 is 1.19 bits per heavy atom. The number of nitrogens with one attached hydrogen (secondary N) is 2. The maximum absolute atomic E-state index is 12.2. The van der Waals surface area contributed by atoms with Crippen molar-refractivity contribution in [2.24, 2.45) is 14.1 Å². The van der Waals surface area contributed by atoms with Crippen LogP contribution in [-0.4, -0.2) is 16.2 Å². The van der Waals surface area contributed by atoms with E-state index in [1.807, 2.05) is 24.3 Å². The summed E-state index contributed by atoms with van der Waals surface area (Å²) in [6.45, 7) is 0.488. The second-order valence-corrected chi connectivity index (χ2v) is 5.58. The molecule has 2 aromatic rings. The third-order valence-corrected chi connectivity index (χ3v) is 3.75. The molecule has 1 aromatic carbocycles. The van der Waals surface area contributed by atoms with Crippen molar-refractivity contribution in [3.63, 3.8) is 0 Å². The Morgan fingerprint density at radius 2 is 1.90 bits per heavy atom. The van der Waals surface area contributed by atoms with Crippen LogP contribution in [-0.2, 0) is 20.6 Å².